The molecule has 0 saturated heterocycles. The molecule has 34 heavy (non-hydrogen) atoms. The summed E-state index contributed by atoms with van der Waals surface area (Å²) in [5, 5.41) is 20.3. The smallest absolute Gasteiger partial charge is 0.250 e. The molecule has 176 valence electrons. The van der Waals surface area contributed by atoms with Gasteiger partial charge in [-0.25, -0.2) is 4.98 Å². The van der Waals surface area contributed by atoms with Gasteiger partial charge in [0.2, 0.25) is 11.8 Å². The molecule has 0 spiro atoms. The minimum absolute atomic E-state index is 0.0579. The van der Waals surface area contributed by atoms with Crippen molar-refractivity contribution in [2.24, 2.45) is 5.92 Å². The van der Waals surface area contributed by atoms with Crippen LogP contribution < -0.4 is 10.1 Å². The van der Waals surface area contributed by atoms with E-state index in [1.165, 1.54) is 0 Å². The number of benzene rings is 2. The van der Waals surface area contributed by atoms with E-state index in [1.807, 2.05) is 80.6 Å². The fourth-order valence-electron chi connectivity index (χ4n) is 3.59. The highest BCUT2D eigenvalue weighted by atomic mass is 16.6. The van der Waals surface area contributed by atoms with Gasteiger partial charge in [-0.2, -0.15) is 5.26 Å². The molecule has 3 rings (SSSR count). The van der Waals surface area contributed by atoms with Gasteiger partial charge in [0.1, 0.15) is 18.8 Å². The number of ether oxygens (including phenoxy) is 2. The Morgan fingerprint density at radius 1 is 1.03 bits per heavy atom. The van der Waals surface area contributed by atoms with Crippen LogP contribution in [-0.4, -0.2) is 35.4 Å². The molecule has 0 fully saturated rings. The number of aliphatic hydroxyl groups is 1. The zero-order valence-electron chi connectivity index (χ0n) is 19.3. The van der Waals surface area contributed by atoms with Crippen molar-refractivity contribution in [1.29, 1.82) is 5.26 Å². The number of rotatable bonds is 11. The van der Waals surface area contributed by atoms with Crippen molar-refractivity contribution in [2.45, 2.75) is 32.5 Å². The first-order chi connectivity index (χ1) is 16.5. The van der Waals surface area contributed by atoms with E-state index in [0.717, 1.165) is 22.3 Å². The lowest BCUT2D eigenvalue weighted by Gasteiger charge is -2.26. The minimum atomic E-state index is -0.693. The van der Waals surface area contributed by atoms with Gasteiger partial charge < -0.3 is 19.9 Å². The molecule has 0 bridgehead atoms. The molecular formula is C27H29N3O4. The number of pyridine rings is 1. The Morgan fingerprint density at radius 2 is 1.71 bits per heavy atom. The number of nitrogens with zero attached hydrogens (tertiary/aromatic N) is 2. The van der Waals surface area contributed by atoms with E-state index in [4.69, 9.17) is 19.8 Å². The molecule has 1 heterocycles. The van der Waals surface area contributed by atoms with Crippen molar-refractivity contribution < 1.29 is 19.4 Å². The maximum absolute atomic E-state index is 12.7. The average molecular weight is 460 g/mol. The van der Waals surface area contributed by atoms with Crippen LogP contribution in [0.15, 0.2) is 72.9 Å². The minimum Gasteiger partial charge on any atom is -0.451 e. The monoisotopic (exact) mass is 459 g/mol. The molecule has 1 unspecified atom stereocenters. The first-order valence-electron chi connectivity index (χ1n) is 11.2. The van der Waals surface area contributed by atoms with Gasteiger partial charge in [-0.1, -0.05) is 68.4 Å². The molecule has 2 N–H and O–H groups in total. The number of carbonyl (C=O) groups is 1. The number of nitriles is 1. The predicted molar refractivity (Wildman–Crippen MR) is 129 cm³/mol. The third-order valence-corrected chi connectivity index (χ3v) is 5.22. The third kappa shape index (κ3) is 6.88. The lowest BCUT2D eigenvalue weighted by atomic mass is 9.97. The summed E-state index contributed by atoms with van der Waals surface area (Å²) in [6.45, 7) is 3.59. The SMILES string of the molecule is CC(C)C[C@H](OC(c1ccccc1)c1ccc(-c2ccc(OCO)nc2)cc1)C(=O)NCC#N. The Kier molecular flexibility index (Phi) is 9.15. The number of amides is 1. The summed E-state index contributed by atoms with van der Waals surface area (Å²) in [4.78, 5) is 16.9. The summed E-state index contributed by atoms with van der Waals surface area (Å²) >= 11 is 0. The maximum atomic E-state index is 12.7. The highest BCUT2D eigenvalue weighted by molar-refractivity contribution is 5.81. The van der Waals surface area contributed by atoms with Crippen LogP contribution in [0.3, 0.4) is 0 Å². The standard InChI is InChI=1S/C27H29N3O4/c1-19(2)16-24(27(32)29-15-14-28)34-26(21-6-4-3-5-7-21)22-10-8-20(9-11-22)23-12-13-25(30-17-23)33-18-31/h3-13,17,19,24,26,31H,15-16,18H2,1-2H3,(H,29,32)/t24-,26?/m0/s1. The van der Waals surface area contributed by atoms with Crippen LogP contribution in [0.5, 0.6) is 5.88 Å². The molecule has 0 aliphatic heterocycles. The zero-order valence-corrected chi connectivity index (χ0v) is 19.3. The van der Waals surface area contributed by atoms with Crippen LogP contribution >= 0.6 is 0 Å². The number of aliphatic hydroxyl groups excluding tert-OH is 1. The van der Waals surface area contributed by atoms with Crippen LogP contribution in [0.25, 0.3) is 11.1 Å². The number of hydrogen-bond donors (Lipinski definition) is 2. The second-order valence-corrected chi connectivity index (χ2v) is 8.20. The van der Waals surface area contributed by atoms with E-state index >= 15 is 0 Å². The van der Waals surface area contributed by atoms with Gasteiger partial charge in [-0.05, 0) is 35.1 Å². The van der Waals surface area contributed by atoms with E-state index in [-0.39, 0.29) is 18.4 Å². The van der Waals surface area contributed by atoms with Gasteiger partial charge >= 0.3 is 0 Å². The summed E-state index contributed by atoms with van der Waals surface area (Å²) in [7, 11) is 0. The number of aromatic nitrogens is 1. The van der Waals surface area contributed by atoms with Gasteiger partial charge in [0, 0.05) is 17.8 Å². The lowest BCUT2D eigenvalue weighted by Crippen LogP contribution is -2.38. The van der Waals surface area contributed by atoms with E-state index < -0.39 is 19.0 Å². The molecule has 0 radical (unpaired) electrons. The van der Waals surface area contributed by atoms with Crippen molar-refractivity contribution in [3.8, 4) is 23.1 Å². The summed E-state index contributed by atoms with van der Waals surface area (Å²) in [5.41, 5.74) is 3.71. The quantitative estimate of drug-likeness (QED) is 0.328. The first-order valence-corrected chi connectivity index (χ1v) is 11.2. The molecular weight excluding hydrogens is 430 g/mol. The molecule has 7 heteroatoms. The Bertz CT molecular complexity index is 1080. The average Bonchev–Trinajstić information content (AvgIpc) is 2.86. The van der Waals surface area contributed by atoms with Crippen molar-refractivity contribution in [2.75, 3.05) is 13.3 Å². The molecule has 2 atom stereocenters. The Morgan fingerprint density at radius 3 is 2.29 bits per heavy atom. The Hall–Kier alpha value is -3.73. The molecule has 0 saturated carbocycles. The summed E-state index contributed by atoms with van der Waals surface area (Å²) in [5.74, 6) is 0.303. The van der Waals surface area contributed by atoms with Gasteiger partial charge in [-0.3, -0.25) is 4.79 Å². The van der Waals surface area contributed by atoms with Crippen LogP contribution in [0.4, 0.5) is 0 Å². The number of hydrogen-bond acceptors (Lipinski definition) is 6. The summed E-state index contributed by atoms with van der Waals surface area (Å²) in [6.07, 6.45) is 1.07. The van der Waals surface area contributed by atoms with Crippen molar-refractivity contribution >= 4 is 5.91 Å². The number of carbonyl (C=O) groups excluding carboxylic acids is 1. The van der Waals surface area contributed by atoms with Gasteiger partial charge in [0.15, 0.2) is 6.79 Å². The molecule has 2 aromatic carbocycles. The normalized spacial score (nSPS) is 12.6. The molecule has 7 nitrogen and oxygen atoms in total. The molecule has 1 amide bonds. The van der Waals surface area contributed by atoms with Gasteiger partial charge in [-0.15, -0.1) is 0 Å². The second kappa shape index (κ2) is 12.5. The van der Waals surface area contributed by atoms with Crippen molar-refractivity contribution in [3.63, 3.8) is 0 Å². The number of nitrogens with one attached hydrogen (secondary N) is 1. The largest absolute Gasteiger partial charge is 0.451 e. The van der Waals surface area contributed by atoms with Crippen LogP contribution in [-0.2, 0) is 9.53 Å². The van der Waals surface area contributed by atoms with Gasteiger partial charge in [0.25, 0.3) is 0 Å². The highest BCUT2D eigenvalue weighted by Gasteiger charge is 2.26. The van der Waals surface area contributed by atoms with Crippen LogP contribution in [0.2, 0.25) is 0 Å². The molecule has 3 aromatic rings. The first kappa shape index (κ1) is 24.9. The lowest BCUT2D eigenvalue weighted by molar-refractivity contribution is -0.136. The van der Waals surface area contributed by atoms with Crippen molar-refractivity contribution in [3.05, 3.63) is 84.1 Å². The topological polar surface area (TPSA) is 104 Å². The van der Waals surface area contributed by atoms with Crippen LogP contribution in [0, 0.1) is 17.2 Å². The maximum Gasteiger partial charge on any atom is 0.250 e. The molecule has 0 aliphatic rings. The Balaban J connectivity index is 1.88. The van der Waals surface area contributed by atoms with E-state index in [1.54, 1.807) is 12.3 Å². The fraction of sp³-hybridized carbons (Fsp3) is 0.296. The van der Waals surface area contributed by atoms with Gasteiger partial charge in [0.05, 0.1) is 6.07 Å². The summed E-state index contributed by atoms with van der Waals surface area (Å²) in [6, 6.07) is 23.2. The summed E-state index contributed by atoms with van der Waals surface area (Å²) < 4.78 is 11.4. The second-order valence-electron chi connectivity index (χ2n) is 8.20. The Labute approximate surface area is 200 Å². The highest BCUT2D eigenvalue weighted by Crippen LogP contribution is 2.31. The zero-order chi connectivity index (χ0) is 24.3. The van der Waals surface area contributed by atoms with E-state index in [2.05, 4.69) is 10.3 Å². The van der Waals surface area contributed by atoms with Crippen molar-refractivity contribution in [1.82, 2.24) is 10.3 Å². The predicted octanol–water partition coefficient (Wildman–Crippen LogP) is 4.24. The van der Waals surface area contributed by atoms with E-state index in [9.17, 15) is 4.79 Å². The van der Waals surface area contributed by atoms with Crippen LogP contribution in [0.1, 0.15) is 37.5 Å². The van der Waals surface area contributed by atoms with E-state index in [0.29, 0.717) is 12.3 Å². The third-order valence-electron chi connectivity index (χ3n) is 5.22. The molecule has 0 aliphatic carbocycles. The molecule has 1 aromatic heterocycles. The fourth-order valence-corrected chi connectivity index (χ4v) is 3.59.